The summed E-state index contributed by atoms with van der Waals surface area (Å²) < 4.78 is 4.66. The highest BCUT2D eigenvalue weighted by Crippen LogP contribution is 2.24. The molecule has 3 aromatic rings. The van der Waals surface area contributed by atoms with Crippen molar-refractivity contribution in [2.75, 3.05) is 18.4 Å². The molecule has 0 saturated carbocycles. The van der Waals surface area contributed by atoms with Crippen LogP contribution < -0.4 is 5.32 Å². The number of hydrogen-bond donors (Lipinski definition) is 2. The van der Waals surface area contributed by atoms with Crippen LogP contribution in [0.15, 0.2) is 47.3 Å². The zero-order valence-electron chi connectivity index (χ0n) is 12.2. The van der Waals surface area contributed by atoms with Gasteiger partial charge in [-0.15, -0.1) is 0 Å². The van der Waals surface area contributed by atoms with Gasteiger partial charge in [0.2, 0.25) is 5.91 Å². The third-order valence-electron chi connectivity index (χ3n) is 4.05. The lowest BCUT2D eigenvalue weighted by molar-refractivity contribution is -0.123. The molecule has 1 fully saturated rings. The van der Waals surface area contributed by atoms with Gasteiger partial charge in [0.25, 0.3) is 5.91 Å². The molecule has 7 nitrogen and oxygen atoms in total. The molecule has 1 aliphatic heterocycles. The number of fused-ring (bicyclic) bond motifs is 1. The number of para-hydroxylation sites is 1. The number of likely N-dealkylation sites (tertiary alicyclic amines) is 1. The molecule has 1 aromatic carbocycles. The molecule has 2 aromatic heterocycles. The van der Waals surface area contributed by atoms with E-state index in [1.54, 1.807) is 17.2 Å². The van der Waals surface area contributed by atoms with Crippen LogP contribution in [-0.2, 0) is 4.79 Å². The van der Waals surface area contributed by atoms with Crippen molar-refractivity contribution in [3.05, 3.63) is 48.4 Å². The summed E-state index contributed by atoms with van der Waals surface area (Å²) in [4.78, 5) is 29.3. The molecule has 7 heteroatoms. The smallest absolute Gasteiger partial charge is 0.256 e. The van der Waals surface area contributed by atoms with E-state index in [1.165, 1.54) is 6.26 Å². The molecule has 0 radical (unpaired) electrons. The monoisotopic (exact) mass is 310 g/mol. The first-order valence-corrected chi connectivity index (χ1v) is 7.29. The van der Waals surface area contributed by atoms with Gasteiger partial charge in [0.15, 0.2) is 5.82 Å². The van der Waals surface area contributed by atoms with Crippen LogP contribution in [0.1, 0.15) is 10.4 Å². The Morgan fingerprint density at radius 1 is 1.26 bits per heavy atom. The van der Waals surface area contributed by atoms with Crippen LogP contribution in [0.2, 0.25) is 0 Å². The lowest BCUT2D eigenvalue weighted by atomic mass is 9.97. The van der Waals surface area contributed by atoms with Gasteiger partial charge < -0.3 is 19.7 Å². The number of aromatic amines is 1. The highest BCUT2D eigenvalue weighted by atomic mass is 16.5. The summed E-state index contributed by atoms with van der Waals surface area (Å²) >= 11 is 0. The fourth-order valence-electron chi connectivity index (χ4n) is 2.73. The normalized spacial score (nSPS) is 14.7. The fourth-order valence-corrected chi connectivity index (χ4v) is 2.73. The van der Waals surface area contributed by atoms with Crippen molar-refractivity contribution in [2.24, 2.45) is 5.92 Å². The van der Waals surface area contributed by atoms with Crippen LogP contribution in [0.4, 0.5) is 5.82 Å². The van der Waals surface area contributed by atoms with E-state index in [2.05, 4.69) is 20.0 Å². The van der Waals surface area contributed by atoms with Gasteiger partial charge in [0.1, 0.15) is 6.26 Å². The van der Waals surface area contributed by atoms with E-state index in [9.17, 15) is 9.59 Å². The van der Waals surface area contributed by atoms with Crippen molar-refractivity contribution < 1.29 is 14.1 Å². The minimum atomic E-state index is -0.221. The molecule has 0 spiro atoms. The number of nitrogens with one attached hydrogen (secondary N) is 2. The third-order valence-corrected chi connectivity index (χ3v) is 4.05. The maximum atomic E-state index is 12.5. The summed E-state index contributed by atoms with van der Waals surface area (Å²) in [7, 11) is 0. The molecule has 3 heterocycles. The van der Waals surface area contributed by atoms with E-state index in [0.29, 0.717) is 24.5 Å². The largest absolute Gasteiger partial charge is 0.363 e. The van der Waals surface area contributed by atoms with Crippen LogP contribution in [0, 0.1) is 5.92 Å². The first-order valence-electron chi connectivity index (χ1n) is 7.29. The number of carbonyl (C=O) groups is 2. The van der Waals surface area contributed by atoms with Crippen molar-refractivity contribution >= 4 is 28.5 Å². The average Bonchev–Trinajstić information content (AvgIpc) is 3.14. The second-order valence-corrected chi connectivity index (χ2v) is 5.53. The topological polar surface area (TPSA) is 91.2 Å². The fraction of sp³-hybridized carbons (Fsp3) is 0.188. The molecule has 0 unspecified atom stereocenters. The summed E-state index contributed by atoms with van der Waals surface area (Å²) in [5.41, 5.74) is 1.56. The van der Waals surface area contributed by atoms with Crippen LogP contribution in [-0.4, -0.2) is 39.9 Å². The number of carbonyl (C=O) groups excluding carboxylic acids is 2. The van der Waals surface area contributed by atoms with Crippen molar-refractivity contribution in [2.45, 2.75) is 0 Å². The molecule has 2 N–H and O–H groups in total. The Labute approximate surface area is 131 Å². The average molecular weight is 310 g/mol. The molecule has 4 rings (SSSR count). The number of rotatable bonds is 3. The second kappa shape index (κ2) is 5.28. The van der Waals surface area contributed by atoms with Crippen molar-refractivity contribution in [3.63, 3.8) is 0 Å². The quantitative estimate of drug-likeness (QED) is 0.772. The lowest BCUT2D eigenvalue weighted by Gasteiger charge is -2.37. The van der Waals surface area contributed by atoms with Crippen LogP contribution in [0.3, 0.4) is 0 Å². The Balaban J connectivity index is 1.41. The minimum absolute atomic E-state index is 0.0621. The standard InChI is InChI=1S/C16H14N4O3/c21-15(18-14-5-6-23-19-14)10-8-20(9-10)16(22)12-7-17-13-4-2-1-3-11(12)13/h1-7,10,17H,8-9H2,(H,18,19,21). The predicted molar refractivity (Wildman–Crippen MR) is 82.8 cm³/mol. The van der Waals surface area contributed by atoms with Gasteiger partial charge >= 0.3 is 0 Å². The van der Waals surface area contributed by atoms with Gasteiger partial charge in [-0.3, -0.25) is 9.59 Å². The summed E-state index contributed by atoms with van der Waals surface area (Å²) in [6.45, 7) is 0.810. The first-order chi connectivity index (χ1) is 11.2. The molecular weight excluding hydrogens is 296 g/mol. The Morgan fingerprint density at radius 2 is 2.09 bits per heavy atom. The van der Waals surface area contributed by atoms with Gasteiger partial charge in [-0.2, -0.15) is 0 Å². The highest BCUT2D eigenvalue weighted by molar-refractivity contribution is 6.07. The van der Waals surface area contributed by atoms with Crippen molar-refractivity contribution in [1.82, 2.24) is 15.0 Å². The van der Waals surface area contributed by atoms with E-state index in [-0.39, 0.29) is 17.7 Å². The molecule has 0 atom stereocenters. The lowest BCUT2D eigenvalue weighted by Crippen LogP contribution is -2.54. The predicted octanol–water partition coefficient (Wildman–Crippen LogP) is 1.87. The molecule has 23 heavy (non-hydrogen) atoms. The zero-order valence-corrected chi connectivity index (χ0v) is 12.2. The van der Waals surface area contributed by atoms with E-state index in [0.717, 1.165) is 10.9 Å². The number of nitrogens with zero attached hydrogens (tertiary/aromatic N) is 2. The maximum Gasteiger partial charge on any atom is 0.256 e. The van der Waals surface area contributed by atoms with Crippen LogP contribution >= 0.6 is 0 Å². The van der Waals surface area contributed by atoms with E-state index >= 15 is 0 Å². The molecular formula is C16H14N4O3. The SMILES string of the molecule is O=C(Nc1ccon1)C1CN(C(=O)c2c[nH]c3ccccc23)C1. The van der Waals surface area contributed by atoms with E-state index < -0.39 is 0 Å². The van der Waals surface area contributed by atoms with E-state index in [4.69, 9.17) is 0 Å². The second-order valence-electron chi connectivity index (χ2n) is 5.53. The summed E-state index contributed by atoms with van der Waals surface area (Å²) in [6, 6.07) is 9.23. The van der Waals surface area contributed by atoms with Gasteiger partial charge in [0, 0.05) is 36.3 Å². The zero-order chi connectivity index (χ0) is 15.8. The number of anilines is 1. The minimum Gasteiger partial charge on any atom is -0.363 e. The summed E-state index contributed by atoms with van der Waals surface area (Å²) in [5.74, 6) is -0.0490. The number of aromatic nitrogens is 2. The van der Waals surface area contributed by atoms with Gasteiger partial charge in [0.05, 0.1) is 11.5 Å². The van der Waals surface area contributed by atoms with E-state index in [1.807, 2.05) is 24.3 Å². The molecule has 1 saturated heterocycles. The molecule has 1 aliphatic rings. The molecule has 0 bridgehead atoms. The van der Waals surface area contributed by atoms with Gasteiger partial charge in [-0.1, -0.05) is 23.4 Å². The Kier molecular flexibility index (Phi) is 3.11. The summed E-state index contributed by atoms with van der Waals surface area (Å²) in [6.07, 6.45) is 3.11. The van der Waals surface area contributed by atoms with Gasteiger partial charge in [-0.25, -0.2) is 0 Å². The highest BCUT2D eigenvalue weighted by Gasteiger charge is 2.36. The Morgan fingerprint density at radius 3 is 2.87 bits per heavy atom. The Hall–Kier alpha value is -3.09. The van der Waals surface area contributed by atoms with Crippen molar-refractivity contribution in [3.8, 4) is 0 Å². The Bertz CT molecular complexity index is 862. The number of H-pyrrole nitrogens is 1. The number of benzene rings is 1. The molecule has 116 valence electrons. The maximum absolute atomic E-state index is 12.5. The van der Waals surface area contributed by atoms with Crippen LogP contribution in [0.25, 0.3) is 10.9 Å². The number of amides is 2. The van der Waals surface area contributed by atoms with Gasteiger partial charge in [-0.05, 0) is 6.07 Å². The van der Waals surface area contributed by atoms with Crippen molar-refractivity contribution in [1.29, 1.82) is 0 Å². The summed E-state index contributed by atoms with van der Waals surface area (Å²) in [5, 5.41) is 7.19. The third kappa shape index (κ3) is 2.36. The first kappa shape index (κ1) is 13.6. The van der Waals surface area contributed by atoms with Crippen LogP contribution in [0.5, 0.6) is 0 Å². The number of hydrogen-bond acceptors (Lipinski definition) is 4. The molecule has 0 aliphatic carbocycles. The molecule has 2 amide bonds.